The van der Waals surface area contributed by atoms with Gasteiger partial charge in [-0.05, 0) is 38.8 Å². The number of aromatic nitrogens is 3. The lowest BCUT2D eigenvalue weighted by Crippen LogP contribution is -2.55. The molecule has 10 nitrogen and oxygen atoms in total. The van der Waals surface area contributed by atoms with Crippen LogP contribution in [0, 0.1) is 0 Å². The molecule has 0 radical (unpaired) electrons. The molecule has 1 saturated heterocycles. The molecule has 0 aromatic carbocycles. The second-order valence-corrected chi connectivity index (χ2v) is 8.39. The molecule has 0 bridgehead atoms. The lowest BCUT2D eigenvalue weighted by Gasteiger charge is -2.42. The maximum Gasteiger partial charge on any atom is 0.346 e. The molecule has 1 aromatic heterocycles. The van der Waals surface area contributed by atoms with Crippen LogP contribution in [0.25, 0.3) is 0 Å². The average molecular weight is 445 g/mol. The summed E-state index contributed by atoms with van der Waals surface area (Å²) in [5.41, 5.74) is -0.784. The fourth-order valence-electron chi connectivity index (χ4n) is 4.41. The number of allylic oxidation sites excluding steroid dienone is 1. The number of anilines is 1. The van der Waals surface area contributed by atoms with Crippen LogP contribution in [0.4, 0.5) is 5.82 Å². The predicted octanol–water partition coefficient (Wildman–Crippen LogP) is 0.485. The van der Waals surface area contributed by atoms with Gasteiger partial charge in [0.15, 0.2) is 5.96 Å². The summed E-state index contributed by atoms with van der Waals surface area (Å²) < 4.78 is 2.30. The van der Waals surface area contributed by atoms with Crippen LogP contribution in [0.1, 0.15) is 32.6 Å². The average Bonchev–Trinajstić information content (AvgIpc) is 2.82. The van der Waals surface area contributed by atoms with Crippen molar-refractivity contribution in [1.82, 2.24) is 29.5 Å². The Morgan fingerprint density at radius 1 is 1.16 bits per heavy atom. The SMILES string of the molecule is C=CCN=C(N/C=C\C)N1CCN(C2CCC(Nc3nn(C)c(=O)n(C)c3=O)CC2)CC1. The van der Waals surface area contributed by atoms with E-state index in [9.17, 15) is 9.59 Å². The second kappa shape index (κ2) is 11.1. The highest BCUT2D eigenvalue weighted by Crippen LogP contribution is 2.25. The first-order valence-electron chi connectivity index (χ1n) is 11.4. The maximum atomic E-state index is 12.3. The number of nitrogens with zero attached hydrogens (tertiary/aromatic N) is 6. The van der Waals surface area contributed by atoms with Crippen LogP contribution in [0.5, 0.6) is 0 Å². The monoisotopic (exact) mass is 444 g/mol. The molecule has 32 heavy (non-hydrogen) atoms. The molecule has 1 aliphatic heterocycles. The summed E-state index contributed by atoms with van der Waals surface area (Å²) in [6.45, 7) is 10.2. The number of piperazine rings is 1. The van der Waals surface area contributed by atoms with Gasteiger partial charge in [0.05, 0.1) is 6.54 Å². The molecule has 2 heterocycles. The van der Waals surface area contributed by atoms with Crippen LogP contribution in [0.15, 0.2) is 39.5 Å². The van der Waals surface area contributed by atoms with Crippen LogP contribution in [0.2, 0.25) is 0 Å². The molecular weight excluding hydrogens is 408 g/mol. The van der Waals surface area contributed by atoms with Crippen LogP contribution in [-0.2, 0) is 14.1 Å². The molecule has 3 rings (SSSR count). The summed E-state index contributed by atoms with van der Waals surface area (Å²) in [5.74, 6) is 1.16. The molecule has 2 aliphatic rings. The third-order valence-electron chi connectivity index (χ3n) is 6.24. The highest BCUT2D eigenvalue weighted by Gasteiger charge is 2.29. The molecular formula is C22H36N8O2. The molecule has 10 heteroatoms. The quantitative estimate of drug-likeness (QED) is 0.374. The minimum Gasteiger partial charge on any atom is -0.361 e. The summed E-state index contributed by atoms with van der Waals surface area (Å²) >= 11 is 0. The standard InChI is InChI=1S/C22H36N8O2/c1-5-11-23-21(24-12-6-2)30-15-13-29(14-16-30)18-9-7-17(8-10-18)25-19-20(31)27(3)22(32)28(4)26-19/h5-6,12,17-18H,1,7-11,13-16H2,2-4H3,(H,23,24)(H,25,26)/b12-6-. The van der Waals surface area contributed by atoms with Gasteiger partial charge in [-0.1, -0.05) is 12.2 Å². The van der Waals surface area contributed by atoms with E-state index < -0.39 is 5.69 Å². The Bertz CT molecular complexity index is 948. The van der Waals surface area contributed by atoms with Gasteiger partial charge in [-0.25, -0.2) is 14.5 Å². The molecule has 0 atom stereocenters. The van der Waals surface area contributed by atoms with Crippen molar-refractivity contribution >= 4 is 11.8 Å². The first-order chi connectivity index (χ1) is 15.4. The molecule has 2 N–H and O–H groups in total. The van der Waals surface area contributed by atoms with Crippen molar-refractivity contribution in [3.8, 4) is 0 Å². The van der Waals surface area contributed by atoms with E-state index in [1.807, 2.05) is 19.2 Å². The molecule has 0 amide bonds. The van der Waals surface area contributed by atoms with Gasteiger partial charge in [0, 0.05) is 52.4 Å². The number of aliphatic imine (C=N–C) groups is 1. The summed E-state index contributed by atoms with van der Waals surface area (Å²) in [5, 5.41) is 10.7. The third kappa shape index (κ3) is 5.67. The van der Waals surface area contributed by atoms with Crippen molar-refractivity contribution in [2.24, 2.45) is 19.1 Å². The first kappa shape index (κ1) is 23.8. The normalized spacial score (nSPS) is 22.8. The van der Waals surface area contributed by atoms with Crippen LogP contribution >= 0.6 is 0 Å². The highest BCUT2D eigenvalue weighted by atomic mass is 16.2. The van der Waals surface area contributed by atoms with Gasteiger partial charge < -0.3 is 15.5 Å². The van der Waals surface area contributed by atoms with Crippen molar-refractivity contribution < 1.29 is 0 Å². The number of hydrogen-bond donors (Lipinski definition) is 2. The van der Waals surface area contributed by atoms with Gasteiger partial charge >= 0.3 is 5.69 Å². The van der Waals surface area contributed by atoms with E-state index in [1.165, 1.54) is 11.7 Å². The van der Waals surface area contributed by atoms with Crippen LogP contribution < -0.4 is 21.9 Å². The van der Waals surface area contributed by atoms with E-state index in [2.05, 4.69) is 37.1 Å². The van der Waals surface area contributed by atoms with E-state index in [0.717, 1.165) is 62.4 Å². The fraction of sp³-hybridized carbons (Fsp3) is 0.636. The highest BCUT2D eigenvalue weighted by molar-refractivity contribution is 5.81. The first-order valence-corrected chi connectivity index (χ1v) is 11.4. The number of rotatable bonds is 6. The zero-order valence-corrected chi connectivity index (χ0v) is 19.5. The van der Waals surface area contributed by atoms with Gasteiger partial charge in [0.25, 0.3) is 5.56 Å². The Hall–Kier alpha value is -2.88. The molecule has 0 unspecified atom stereocenters. The predicted molar refractivity (Wildman–Crippen MR) is 128 cm³/mol. The molecule has 176 valence electrons. The Labute approximate surface area is 189 Å². The summed E-state index contributed by atoms with van der Waals surface area (Å²) in [7, 11) is 3.04. The van der Waals surface area contributed by atoms with Crippen molar-refractivity contribution in [3.63, 3.8) is 0 Å². The van der Waals surface area contributed by atoms with Crippen molar-refractivity contribution in [1.29, 1.82) is 0 Å². The van der Waals surface area contributed by atoms with Crippen molar-refractivity contribution in [3.05, 3.63) is 45.8 Å². The Kier molecular flexibility index (Phi) is 8.26. The number of nitrogens with one attached hydrogen (secondary N) is 2. The smallest absolute Gasteiger partial charge is 0.346 e. The topological polar surface area (TPSA) is 99.8 Å². The minimum absolute atomic E-state index is 0.202. The largest absolute Gasteiger partial charge is 0.361 e. The van der Waals surface area contributed by atoms with Gasteiger partial charge in [-0.3, -0.25) is 14.3 Å². The van der Waals surface area contributed by atoms with E-state index in [-0.39, 0.29) is 17.4 Å². The summed E-state index contributed by atoms with van der Waals surface area (Å²) in [6.07, 6.45) is 9.80. The van der Waals surface area contributed by atoms with Gasteiger partial charge in [-0.2, -0.15) is 0 Å². The van der Waals surface area contributed by atoms with Gasteiger partial charge in [0.1, 0.15) is 0 Å². The Balaban J connectivity index is 1.51. The van der Waals surface area contributed by atoms with Crippen molar-refractivity contribution in [2.45, 2.75) is 44.7 Å². The van der Waals surface area contributed by atoms with Crippen LogP contribution in [0.3, 0.4) is 0 Å². The molecule has 1 saturated carbocycles. The lowest BCUT2D eigenvalue weighted by molar-refractivity contribution is 0.104. The van der Waals surface area contributed by atoms with E-state index >= 15 is 0 Å². The third-order valence-corrected chi connectivity index (χ3v) is 6.24. The number of guanidine groups is 1. The van der Waals surface area contributed by atoms with E-state index in [1.54, 1.807) is 13.1 Å². The molecule has 1 aromatic rings. The Morgan fingerprint density at radius 3 is 2.47 bits per heavy atom. The van der Waals surface area contributed by atoms with E-state index in [4.69, 9.17) is 0 Å². The number of hydrogen-bond acceptors (Lipinski definition) is 6. The minimum atomic E-state index is -0.415. The van der Waals surface area contributed by atoms with E-state index in [0.29, 0.717) is 12.6 Å². The van der Waals surface area contributed by atoms with Crippen molar-refractivity contribution in [2.75, 3.05) is 38.0 Å². The summed E-state index contributed by atoms with van der Waals surface area (Å²) in [4.78, 5) is 33.6. The number of aryl methyl sites for hydroxylation is 1. The van der Waals surface area contributed by atoms with Gasteiger partial charge in [0.2, 0.25) is 5.82 Å². The zero-order chi connectivity index (χ0) is 23.1. The summed E-state index contributed by atoms with van der Waals surface area (Å²) in [6, 6.07) is 0.760. The molecule has 1 aliphatic carbocycles. The molecule has 0 spiro atoms. The second-order valence-electron chi connectivity index (χ2n) is 8.39. The zero-order valence-electron chi connectivity index (χ0n) is 19.5. The van der Waals surface area contributed by atoms with Crippen LogP contribution in [-0.4, -0.2) is 74.9 Å². The molecule has 2 fully saturated rings. The Morgan fingerprint density at radius 2 is 1.84 bits per heavy atom. The van der Waals surface area contributed by atoms with Gasteiger partial charge in [-0.15, -0.1) is 11.7 Å². The lowest BCUT2D eigenvalue weighted by atomic mass is 9.90. The fourth-order valence-corrected chi connectivity index (χ4v) is 4.41. The maximum absolute atomic E-state index is 12.3.